The molecule has 0 saturated carbocycles. The molecule has 0 saturated heterocycles. The highest BCUT2D eigenvalue weighted by Gasteiger charge is 1.96. The zero-order valence-corrected chi connectivity index (χ0v) is 12.5. The molecule has 0 aromatic heterocycles. The van der Waals surface area contributed by atoms with E-state index in [1.54, 1.807) is 7.11 Å². The Morgan fingerprint density at radius 1 is 1.00 bits per heavy atom. The van der Waals surface area contributed by atoms with Crippen molar-refractivity contribution < 1.29 is 14.2 Å². The van der Waals surface area contributed by atoms with Gasteiger partial charge in [0.2, 0.25) is 0 Å². The van der Waals surface area contributed by atoms with Gasteiger partial charge in [-0.05, 0) is 20.3 Å². The Hall–Kier alpha value is -0.850. The maximum Gasteiger partial charge on any atom is 0.191 e. The van der Waals surface area contributed by atoms with Crippen molar-refractivity contribution in [3.63, 3.8) is 0 Å². The Bertz CT molecular complexity index is 213. The van der Waals surface area contributed by atoms with Gasteiger partial charge in [-0.25, -0.2) is 0 Å². The molecule has 2 N–H and O–H groups in total. The molecule has 0 aliphatic heterocycles. The van der Waals surface area contributed by atoms with Crippen LogP contribution in [0.2, 0.25) is 0 Å². The third-order valence-electron chi connectivity index (χ3n) is 2.24. The number of rotatable bonds is 12. The van der Waals surface area contributed by atoms with Crippen LogP contribution in [0.3, 0.4) is 0 Å². The zero-order chi connectivity index (χ0) is 14.2. The van der Waals surface area contributed by atoms with Gasteiger partial charge >= 0.3 is 0 Å². The lowest BCUT2D eigenvalue weighted by molar-refractivity contribution is 0.0733. The van der Waals surface area contributed by atoms with Crippen LogP contribution in [-0.2, 0) is 14.2 Å². The second-order valence-corrected chi connectivity index (χ2v) is 3.84. The average molecular weight is 275 g/mol. The zero-order valence-electron chi connectivity index (χ0n) is 12.5. The summed E-state index contributed by atoms with van der Waals surface area (Å²) in [5, 5.41) is 6.41. The standard InChI is InChI=1S/C13H29N3O3/c1-4-14-13(15-7-6-9-18-5-2)16-8-10-19-12-11-17-3/h4-12H2,1-3H3,(H2,14,15,16). The molecule has 19 heavy (non-hydrogen) atoms. The van der Waals surface area contributed by atoms with Crippen LogP contribution < -0.4 is 10.6 Å². The van der Waals surface area contributed by atoms with Crippen LogP contribution in [0, 0.1) is 0 Å². The van der Waals surface area contributed by atoms with E-state index in [9.17, 15) is 0 Å². The van der Waals surface area contributed by atoms with Gasteiger partial charge in [0, 0.05) is 40.0 Å². The summed E-state index contributed by atoms with van der Waals surface area (Å²) in [6, 6.07) is 0. The van der Waals surface area contributed by atoms with E-state index in [2.05, 4.69) is 15.6 Å². The lowest BCUT2D eigenvalue weighted by atomic mass is 10.4. The summed E-state index contributed by atoms with van der Waals surface area (Å²) >= 11 is 0. The van der Waals surface area contributed by atoms with Gasteiger partial charge in [-0.15, -0.1) is 0 Å². The molecule has 6 nitrogen and oxygen atoms in total. The first-order valence-electron chi connectivity index (χ1n) is 7.01. The molecule has 0 unspecified atom stereocenters. The Labute approximate surface area is 116 Å². The maximum absolute atomic E-state index is 5.37. The van der Waals surface area contributed by atoms with E-state index in [1.807, 2.05) is 13.8 Å². The molecular weight excluding hydrogens is 246 g/mol. The number of nitrogens with zero attached hydrogens (tertiary/aromatic N) is 1. The minimum Gasteiger partial charge on any atom is -0.382 e. The van der Waals surface area contributed by atoms with Crippen molar-refractivity contribution in [2.24, 2.45) is 4.99 Å². The first kappa shape index (κ1) is 18.1. The van der Waals surface area contributed by atoms with Gasteiger partial charge in [0.25, 0.3) is 0 Å². The molecule has 0 rings (SSSR count). The van der Waals surface area contributed by atoms with Crippen LogP contribution in [0.5, 0.6) is 0 Å². The summed E-state index contributed by atoms with van der Waals surface area (Å²) < 4.78 is 15.5. The van der Waals surface area contributed by atoms with Gasteiger partial charge in [0.05, 0.1) is 19.8 Å². The third-order valence-corrected chi connectivity index (χ3v) is 2.24. The number of hydrogen-bond donors (Lipinski definition) is 2. The molecule has 0 aliphatic rings. The summed E-state index contributed by atoms with van der Waals surface area (Å²) in [6.07, 6.45) is 0.939. The number of aliphatic imine (C=N–C) groups is 1. The summed E-state index contributed by atoms with van der Waals surface area (Å²) in [7, 11) is 1.67. The van der Waals surface area contributed by atoms with Crippen LogP contribution >= 0.6 is 0 Å². The lowest BCUT2D eigenvalue weighted by Crippen LogP contribution is -2.39. The van der Waals surface area contributed by atoms with E-state index in [-0.39, 0.29) is 0 Å². The highest BCUT2D eigenvalue weighted by Crippen LogP contribution is 1.84. The van der Waals surface area contributed by atoms with E-state index in [0.29, 0.717) is 19.8 Å². The molecule has 0 spiro atoms. The molecule has 0 amide bonds. The highest BCUT2D eigenvalue weighted by molar-refractivity contribution is 5.79. The summed E-state index contributed by atoms with van der Waals surface area (Å²) in [5.41, 5.74) is 0. The largest absolute Gasteiger partial charge is 0.382 e. The van der Waals surface area contributed by atoms with Crippen molar-refractivity contribution in [3.05, 3.63) is 0 Å². The average Bonchev–Trinajstić information content (AvgIpc) is 2.42. The first-order valence-corrected chi connectivity index (χ1v) is 7.01. The fourth-order valence-electron chi connectivity index (χ4n) is 1.33. The number of guanidine groups is 1. The second kappa shape index (κ2) is 15.2. The van der Waals surface area contributed by atoms with Gasteiger partial charge in [0.1, 0.15) is 0 Å². The molecule has 0 aromatic carbocycles. The van der Waals surface area contributed by atoms with Gasteiger partial charge in [-0.2, -0.15) is 0 Å². The Morgan fingerprint density at radius 2 is 1.84 bits per heavy atom. The summed E-state index contributed by atoms with van der Waals surface area (Å²) in [4.78, 5) is 4.45. The normalized spacial score (nSPS) is 11.6. The predicted octanol–water partition coefficient (Wildman–Crippen LogP) is 0.631. The second-order valence-electron chi connectivity index (χ2n) is 3.84. The molecule has 6 heteroatoms. The molecule has 0 aliphatic carbocycles. The van der Waals surface area contributed by atoms with E-state index >= 15 is 0 Å². The Kier molecular flexibility index (Phi) is 14.5. The fraction of sp³-hybridized carbons (Fsp3) is 0.923. The SMILES string of the molecule is CCNC(=NCCCOCC)NCCOCCOC. The minimum atomic E-state index is 0.625. The molecule has 0 aromatic rings. The van der Waals surface area contributed by atoms with Crippen LogP contribution in [0.25, 0.3) is 0 Å². The number of hydrogen-bond acceptors (Lipinski definition) is 4. The van der Waals surface area contributed by atoms with Crippen molar-refractivity contribution in [1.29, 1.82) is 0 Å². The lowest BCUT2D eigenvalue weighted by Gasteiger charge is -2.11. The molecule has 0 radical (unpaired) electrons. The van der Waals surface area contributed by atoms with E-state index < -0.39 is 0 Å². The van der Waals surface area contributed by atoms with E-state index in [0.717, 1.165) is 45.2 Å². The summed E-state index contributed by atoms with van der Waals surface area (Å²) in [5.74, 6) is 0.828. The number of methoxy groups -OCH3 is 1. The summed E-state index contributed by atoms with van der Waals surface area (Å²) in [6.45, 7) is 9.83. The van der Waals surface area contributed by atoms with Gasteiger partial charge in [-0.1, -0.05) is 0 Å². The number of nitrogens with one attached hydrogen (secondary N) is 2. The predicted molar refractivity (Wildman–Crippen MR) is 77.8 cm³/mol. The fourth-order valence-corrected chi connectivity index (χ4v) is 1.33. The Balaban J connectivity index is 3.62. The Morgan fingerprint density at radius 3 is 2.53 bits per heavy atom. The molecule has 114 valence electrons. The van der Waals surface area contributed by atoms with Crippen molar-refractivity contribution >= 4 is 5.96 Å². The van der Waals surface area contributed by atoms with Crippen molar-refractivity contribution in [1.82, 2.24) is 10.6 Å². The van der Waals surface area contributed by atoms with Crippen molar-refractivity contribution in [2.45, 2.75) is 20.3 Å². The van der Waals surface area contributed by atoms with Gasteiger partial charge in [-0.3, -0.25) is 4.99 Å². The van der Waals surface area contributed by atoms with E-state index in [1.165, 1.54) is 0 Å². The molecule has 0 atom stereocenters. The third kappa shape index (κ3) is 13.4. The number of ether oxygens (including phenoxy) is 3. The van der Waals surface area contributed by atoms with Gasteiger partial charge < -0.3 is 24.8 Å². The van der Waals surface area contributed by atoms with Crippen molar-refractivity contribution in [2.75, 3.05) is 59.8 Å². The monoisotopic (exact) mass is 275 g/mol. The van der Waals surface area contributed by atoms with Crippen LogP contribution in [-0.4, -0.2) is 65.7 Å². The first-order chi connectivity index (χ1) is 9.35. The molecule has 0 bridgehead atoms. The molecular formula is C13H29N3O3. The van der Waals surface area contributed by atoms with Crippen molar-refractivity contribution in [3.8, 4) is 0 Å². The quantitative estimate of drug-likeness (QED) is 0.311. The van der Waals surface area contributed by atoms with E-state index in [4.69, 9.17) is 14.2 Å². The molecule has 0 fully saturated rings. The minimum absolute atomic E-state index is 0.625. The molecule has 0 heterocycles. The highest BCUT2D eigenvalue weighted by atomic mass is 16.5. The topological polar surface area (TPSA) is 64.1 Å². The smallest absolute Gasteiger partial charge is 0.191 e. The maximum atomic E-state index is 5.37. The van der Waals surface area contributed by atoms with Crippen LogP contribution in [0.1, 0.15) is 20.3 Å². The van der Waals surface area contributed by atoms with Crippen LogP contribution in [0.4, 0.5) is 0 Å². The van der Waals surface area contributed by atoms with Crippen LogP contribution in [0.15, 0.2) is 4.99 Å². The van der Waals surface area contributed by atoms with Gasteiger partial charge in [0.15, 0.2) is 5.96 Å².